The van der Waals surface area contributed by atoms with E-state index in [0.29, 0.717) is 18.1 Å². The van der Waals surface area contributed by atoms with Crippen LogP contribution in [0.15, 0.2) is 37.0 Å². The molecule has 2 saturated heterocycles. The van der Waals surface area contributed by atoms with Crippen molar-refractivity contribution in [3.8, 4) is 0 Å². The molecule has 2 aliphatic heterocycles. The first-order valence-corrected chi connectivity index (χ1v) is 9.23. The Morgan fingerprint density at radius 1 is 0.833 bits per heavy atom. The number of aliphatic hydroxyl groups excluding tert-OH is 2. The fourth-order valence-electron chi connectivity index (χ4n) is 3.09. The molecule has 2 N–H and O–H groups in total. The Kier molecular flexibility index (Phi) is 8.75. The molecule has 0 aromatic carbocycles. The smallest absolute Gasteiger partial charge is 0.107 e. The maximum Gasteiger partial charge on any atom is 0.107 e. The van der Waals surface area contributed by atoms with Crippen LogP contribution >= 0.6 is 0 Å². The number of allylic oxidation sites excluding steroid dienone is 4. The fourth-order valence-corrected chi connectivity index (χ4v) is 3.09. The predicted molar refractivity (Wildman–Crippen MR) is 95.8 cm³/mol. The second kappa shape index (κ2) is 10.8. The average Bonchev–Trinajstić information content (AvgIpc) is 3.50. The van der Waals surface area contributed by atoms with Gasteiger partial charge in [0.25, 0.3) is 0 Å². The van der Waals surface area contributed by atoms with Crippen LogP contribution in [0.25, 0.3) is 0 Å². The van der Waals surface area contributed by atoms with E-state index in [0.717, 1.165) is 44.9 Å². The van der Waals surface area contributed by atoms with Gasteiger partial charge < -0.3 is 19.7 Å². The van der Waals surface area contributed by atoms with Gasteiger partial charge in [0.1, 0.15) is 6.10 Å². The summed E-state index contributed by atoms with van der Waals surface area (Å²) < 4.78 is 11.0. The molecule has 4 heteroatoms. The molecule has 0 saturated carbocycles. The molecule has 4 nitrogen and oxygen atoms in total. The van der Waals surface area contributed by atoms with E-state index in [1.54, 1.807) is 6.08 Å². The topological polar surface area (TPSA) is 65.5 Å². The zero-order valence-electron chi connectivity index (χ0n) is 14.6. The zero-order valence-corrected chi connectivity index (χ0v) is 14.6. The first-order valence-electron chi connectivity index (χ1n) is 9.23. The molecule has 0 amide bonds. The minimum atomic E-state index is 0.0879. The van der Waals surface area contributed by atoms with Crippen LogP contribution in [-0.2, 0) is 9.47 Å². The third kappa shape index (κ3) is 7.31. The molecule has 5 unspecified atom stereocenters. The summed E-state index contributed by atoms with van der Waals surface area (Å²) in [7, 11) is 0. The van der Waals surface area contributed by atoms with Crippen LogP contribution < -0.4 is 0 Å². The number of epoxide rings is 2. The minimum Gasteiger partial charge on any atom is -0.394 e. The van der Waals surface area contributed by atoms with Crippen molar-refractivity contribution in [1.29, 1.82) is 0 Å². The van der Waals surface area contributed by atoms with Gasteiger partial charge in [0.05, 0.1) is 31.5 Å². The lowest BCUT2D eigenvalue weighted by Crippen LogP contribution is -2.00. The summed E-state index contributed by atoms with van der Waals surface area (Å²) >= 11 is 0. The molecule has 0 aliphatic carbocycles. The van der Waals surface area contributed by atoms with E-state index < -0.39 is 0 Å². The molecule has 0 radical (unpaired) electrons. The lowest BCUT2D eigenvalue weighted by molar-refractivity contribution is 0.241. The summed E-state index contributed by atoms with van der Waals surface area (Å²) in [6, 6.07) is 0. The Labute approximate surface area is 145 Å². The van der Waals surface area contributed by atoms with E-state index in [-0.39, 0.29) is 25.4 Å². The van der Waals surface area contributed by atoms with E-state index in [1.807, 2.05) is 6.08 Å². The number of ether oxygens (including phenoxy) is 2. The highest BCUT2D eigenvalue weighted by Crippen LogP contribution is 2.32. The van der Waals surface area contributed by atoms with E-state index in [9.17, 15) is 0 Å². The third-order valence-electron chi connectivity index (χ3n) is 4.82. The molecule has 2 rings (SSSR count). The Bertz CT molecular complexity index is 418. The SMILES string of the molecule is C=CC(C/C=C/CCC1OC1CO)CCC1OC1CC/C=C/CO. The van der Waals surface area contributed by atoms with Crippen LogP contribution in [0.5, 0.6) is 0 Å². The molecule has 24 heavy (non-hydrogen) atoms. The molecule has 2 fully saturated rings. The molecule has 0 spiro atoms. The van der Waals surface area contributed by atoms with E-state index in [2.05, 4.69) is 24.8 Å². The quantitative estimate of drug-likeness (QED) is 0.378. The minimum absolute atomic E-state index is 0.0879. The van der Waals surface area contributed by atoms with Crippen LogP contribution in [0, 0.1) is 5.92 Å². The summed E-state index contributed by atoms with van der Waals surface area (Å²) in [5, 5.41) is 17.6. The third-order valence-corrected chi connectivity index (χ3v) is 4.82. The molecule has 0 aromatic heterocycles. The maximum atomic E-state index is 8.91. The highest BCUT2D eigenvalue weighted by Gasteiger charge is 2.37. The summed E-state index contributed by atoms with van der Waals surface area (Å²) in [6.45, 7) is 4.22. The van der Waals surface area contributed by atoms with Gasteiger partial charge in [-0.25, -0.2) is 0 Å². The van der Waals surface area contributed by atoms with Crippen LogP contribution in [0.4, 0.5) is 0 Å². The first-order chi connectivity index (χ1) is 11.8. The normalized spacial score (nSPS) is 30.1. The lowest BCUT2D eigenvalue weighted by Gasteiger charge is -2.08. The molecule has 136 valence electrons. The van der Waals surface area contributed by atoms with Crippen molar-refractivity contribution in [1.82, 2.24) is 0 Å². The molecule has 0 bridgehead atoms. The second-order valence-electron chi connectivity index (χ2n) is 6.70. The van der Waals surface area contributed by atoms with Crippen molar-refractivity contribution >= 4 is 0 Å². The predicted octanol–water partition coefficient (Wildman–Crippen LogP) is 3.15. The van der Waals surface area contributed by atoms with Gasteiger partial charge in [-0.2, -0.15) is 0 Å². The van der Waals surface area contributed by atoms with Crippen molar-refractivity contribution in [3.05, 3.63) is 37.0 Å². The molecule has 2 aliphatic rings. The van der Waals surface area contributed by atoms with Gasteiger partial charge in [-0.05, 0) is 50.9 Å². The fraction of sp³-hybridized carbons (Fsp3) is 0.700. The standard InChI is InChI=1S/C20H32O4/c1-2-16(9-5-3-6-11-18-20(15-22)24-18)12-13-19-17(23-19)10-7-4-8-14-21/h2-5,8,16-22H,1,6-7,9-15H2/b5-3+,8-4+. The van der Waals surface area contributed by atoms with Crippen molar-refractivity contribution in [2.75, 3.05) is 13.2 Å². The number of rotatable bonds is 14. The summed E-state index contributed by atoms with van der Waals surface area (Å²) in [6.07, 6.45) is 18.8. The Morgan fingerprint density at radius 3 is 2.08 bits per heavy atom. The van der Waals surface area contributed by atoms with E-state index in [4.69, 9.17) is 19.7 Å². The molecule has 0 aromatic rings. The summed E-state index contributed by atoms with van der Waals surface area (Å²) in [5.41, 5.74) is 0. The van der Waals surface area contributed by atoms with Crippen molar-refractivity contribution in [3.63, 3.8) is 0 Å². The average molecular weight is 336 g/mol. The van der Waals surface area contributed by atoms with Crippen molar-refractivity contribution in [2.24, 2.45) is 5.92 Å². The van der Waals surface area contributed by atoms with Crippen molar-refractivity contribution in [2.45, 2.75) is 69.4 Å². The Hall–Kier alpha value is -0.940. The number of hydrogen-bond donors (Lipinski definition) is 2. The number of aliphatic hydroxyl groups is 2. The Morgan fingerprint density at radius 2 is 1.46 bits per heavy atom. The van der Waals surface area contributed by atoms with Gasteiger partial charge in [-0.3, -0.25) is 0 Å². The summed E-state index contributed by atoms with van der Waals surface area (Å²) in [4.78, 5) is 0. The van der Waals surface area contributed by atoms with Gasteiger partial charge in [-0.1, -0.05) is 30.4 Å². The monoisotopic (exact) mass is 336 g/mol. The van der Waals surface area contributed by atoms with Crippen LogP contribution in [0.2, 0.25) is 0 Å². The van der Waals surface area contributed by atoms with E-state index in [1.165, 1.54) is 0 Å². The van der Waals surface area contributed by atoms with E-state index >= 15 is 0 Å². The highest BCUT2D eigenvalue weighted by molar-refractivity contribution is 4.94. The molecular formula is C20H32O4. The van der Waals surface area contributed by atoms with Crippen LogP contribution in [-0.4, -0.2) is 47.8 Å². The van der Waals surface area contributed by atoms with Crippen LogP contribution in [0.3, 0.4) is 0 Å². The molecular weight excluding hydrogens is 304 g/mol. The van der Waals surface area contributed by atoms with Crippen LogP contribution in [0.1, 0.15) is 44.9 Å². The van der Waals surface area contributed by atoms with Gasteiger partial charge in [0, 0.05) is 0 Å². The second-order valence-corrected chi connectivity index (χ2v) is 6.70. The molecule has 5 atom stereocenters. The Balaban J connectivity index is 1.48. The van der Waals surface area contributed by atoms with Gasteiger partial charge in [-0.15, -0.1) is 6.58 Å². The zero-order chi connectivity index (χ0) is 17.2. The largest absolute Gasteiger partial charge is 0.394 e. The first kappa shape index (κ1) is 19.4. The van der Waals surface area contributed by atoms with Gasteiger partial charge >= 0.3 is 0 Å². The number of hydrogen-bond acceptors (Lipinski definition) is 4. The van der Waals surface area contributed by atoms with Gasteiger partial charge in [0.2, 0.25) is 0 Å². The maximum absolute atomic E-state index is 8.91. The highest BCUT2D eigenvalue weighted by atomic mass is 16.6. The molecule has 2 heterocycles. The van der Waals surface area contributed by atoms with Crippen molar-refractivity contribution < 1.29 is 19.7 Å². The van der Waals surface area contributed by atoms with Gasteiger partial charge in [0.15, 0.2) is 0 Å². The summed E-state index contributed by atoms with van der Waals surface area (Å²) in [5.74, 6) is 0.516. The lowest BCUT2D eigenvalue weighted by atomic mass is 9.97.